The molecule has 0 aromatic carbocycles. The molecule has 1 heterocycles. The van der Waals surface area contributed by atoms with Crippen LogP contribution in [0.4, 0.5) is 0 Å². The van der Waals surface area contributed by atoms with Gasteiger partial charge in [-0.05, 0) is 18.9 Å². The van der Waals surface area contributed by atoms with Crippen LogP contribution in [-0.4, -0.2) is 41.8 Å². The molecule has 1 aliphatic rings. The Kier molecular flexibility index (Phi) is 4.68. The van der Waals surface area contributed by atoms with Crippen LogP contribution in [0.25, 0.3) is 0 Å². The number of carbonyl (C=O) groups is 2. The average Bonchev–Trinajstić information content (AvgIpc) is 2.60. The van der Waals surface area contributed by atoms with Crippen molar-refractivity contribution in [3.63, 3.8) is 0 Å². The van der Waals surface area contributed by atoms with E-state index in [4.69, 9.17) is 0 Å². The molecule has 0 spiro atoms. The summed E-state index contributed by atoms with van der Waals surface area (Å²) >= 11 is 1.67. The van der Waals surface area contributed by atoms with Crippen molar-refractivity contribution in [2.75, 3.05) is 25.1 Å². The van der Waals surface area contributed by atoms with Gasteiger partial charge >= 0.3 is 0 Å². The molecule has 0 aliphatic carbocycles. The lowest BCUT2D eigenvalue weighted by Crippen LogP contribution is -2.36. The van der Waals surface area contributed by atoms with Crippen molar-refractivity contribution in [2.24, 2.45) is 5.92 Å². The molecule has 15 heavy (non-hydrogen) atoms. The number of carbonyl (C=O) groups excluding carboxylic acids is 2. The van der Waals surface area contributed by atoms with Gasteiger partial charge in [0, 0.05) is 18.8 Å². The Balaban J connectivity index is 2.41. The van der Waals surface area contributed by atoms with Crippen LogP contribution in [0, 0.1) is 5.92 Å². The Labute approximate surface area is 94.1 Å². The van der Waals surface area contributed by atoms with E-state index in [9.17, 15) is 9.59 Å². The standard InChI is InChI=1S/C10H16N2O2S/c1-3-12-6-4-8(10(12)14)9(13)11-5-7-15-2/h3,8H,1,4-7H2,2H3,(H,11,13). The van der Waals surface area contributed by atoms with E-state index in [1.165, 1.54) is 11.1 Å². The molecule has 4 nitrogen and oxygen atoms in total. The van der Waals surface area contributed by atoms with Crippen LogP contribution in [0.5, 0.6) is 0 Å². The van der Waals surface area contributed by atoms with Crippen LogP contribution in [0.15, 0.2) is 12.8 Å². The quantitative estimate of drug-likeness (QED) is 0.549. The molecule has 1 unspecified atom stereocenters. The average molecular weight is 228 g/mol. The van der Waals surface area contributed by atoms with E-state index in [2.05, 4.69) is 11.9 Å². The van der Waals surface area contributed by atoms with Crippen molar-refractivity contribution in [2.45, 2.75) is 6.42 Å². The molecule has 1 aliphatic heterocycles. The van der Waals surface area contributed by atoms with E-state index >= 15 is 0 Å². The molecule has 0 saturated carbocycles. The highest BCUT2D eigenvalue weighted by molar-refractivity contribution is 7.98. The molecule has 1 saturated heterocycles. The van der Waals surface area contributed by atoms with E-state index in [1.807, 2.05) is 6.26 Å². The van der Waals surface area contributed by atoms with Crippen molar-refractivity contribution >= 4 is 23.6 Å². The maximum absolute atomic E-state index is 11.6. The van der Waals surface area contributed by atoms with Gasteiger partial charge in [-0.3, -0.25) is 9.59 Å². The lowest BCUT2D eigenvalue weighted by Gasteiger charge is -2.11. The fourth-order valence-corrected chi connectivity index (χ4v) is 1.83. The van der Waals surface area contributed by atoms with Gasteiger partial charge in [-0.15, -0.1) is 0 Å². The number of thioether (sulfide) groups is 1. The van der Waals surface area contributed by atoms with E-state index in [0.717, 1.165) is 5.75 Å². The molecular formula is C10H16N2O2S. The minimum Gasteiger partial charge on any atom is -0.355 e. The predicted molar refractivity (Wildman–Crippen MR) is 61.4 cm³/mol. The van der Waals surface area contributed by atoms with E-state index in [0.29, 0.717) is 19.5 Å². The van der Waals surface area contributed by atoms with Gasteiger partial charge in [0.25, 0.3) is 0 Å². The van der Waals surface area contributed by atoms with Crippen LogP contribution >= 0.6 is 11.8 Å². The zero-order valence-electron chi connectivity index (χ0n) is 8.86. The number of likely N-dealkylation sites (tertiary alicyclic amines) is 1. The molecule has 5 heteroatoms. The third-order valence-electron chi connectivity index (χ3n) is 2.38. The number of hydrogen-bond acceptors (Lipinski definition) is 3. The van der Waals surface area contributed by atoms with E-state index in [1.54, 1.807) is 11.8 Å². The third-order valence-corrected chi connectivity index (χ3v) is 2.99. The number of hydrogen-bond donors (Lipinski definition) is 1. The minimum atomic E-state index is -0.509. The molecule has 0 radical (unpaired) electrons. The van der Waals surface area contributed by atoms with Crippen LogP contribution < -0.4 is 5.32 Å². The summed E-state index contributed by atoms with van der Waals surface area (Å²) < 4.78 is 0. The van der Waals surface area contributed by atoms with Gasteiger partial charge in [-0.1, -0.05) is 6.58 Å². The smallest absolute Gasteiger partial charge is 0.239 e. The molecule has 1 rings (SSSR count). The molecule has 1 N–H and O–H groups in total. The van der Waals surface area contributed by atoms with Crippen LogP contribution in [-0.2, 0) is 9.59 Å². The Morgan fingerprint density at radius 2 is 2.53 bits per heavy atom. The summed E-state index contributed by atoms with van der Waals surface area (Å²) in [5, 5.41) is 2.76. The fraction of sp³-hybridized carbons (Fsp3) is 0.600. The van der Waals surface area contributed by atoms with Crippen LogP contribution in [0.2, 0.25) is 0 Å². The number of nitrogens with one attached hydrogen (secondary N) is 1. The van der Waals surface area contributed by atoms with Gasteiger partial charge in [0.1, 0.15) is 5.92 Å². The maximum Gasteiger partial charge on any atom is 0.239 e. The number of rotatable bonds is 5. The van der Waals surface area contributed by atoms with Crippen molar-refractivity contribution in [1.82, 2.24) is 10.2 Å². The topological polar surface area (TPSA) is 49.4 Å². The zero-order valence-corrected chi connectivity index (χ0v) is 9.68. The van der Waals surface area contributed by atoms with Crippen molar-refractivity contribution in [3.8, 4) is 0 Å². The van der Waals surface area contributed by atoms with E-state index in [-0.39, 0.29) is 11.8 Å². The van der Waals surface area contributed by atoms with Gasteiger partial charge in [-0.25, -0.2) is 0 Å². The van der Waals surface area contributed by atoms with Crippen LogP contribution in [0.1, 0.15) is 6.42 Å². The molecule has 0 aromatic heterocycles. The van der Waals surface area contributed by atoms with Gasteiger partial charge in [0.2, 0.25) is 11.8 Å². The lowest BCUT2D eigenvalue weighted by molar-refractivity contribution is -0.136. The Hall–Kier alpha value is -0.970. The second kappa shape index (κ2) is 5.80. The van der Waals surface area contributed by atoms with Crippen molar-refractivity contribution < 1.29 is 9.59 Å². The third kappa shape index (κ3) is 2.99. The summed E-state index contributed by atoms with van der Waals surface area (Å²) in [6, 6.07) is 0. The lowest BCUT2D eigenvalue weighted by atomic mass is 10.1. The monoisotopic (exact) mass is 228 g/mol. The van der Waals surface area contributed by atoms with Gasteiger partial charge in [0.15, 0.2) is 0 Å². The molecular weight excluding hydrogens is 212 g/mol. The Morgan fingerprint density at radius 1 is 1.80 bits per heavy atom. The SMILES string of the molecule is C=CN1CCC(C(=O)NCCSC)C1=O. The van der Waals surface area contributed by atoms with E-state index < -0.39 is 5.92 Å². The highest BCUT2D eigenvalue weighted by Crippen LogP contribution is 2.17. The number of nitrogens with zero attached hydrogens (tertiary/aromatic N) is 1. The number of amides is 2. The largest absolute Gasteiger partial charge is 0.355 e. The van der Waals surface area contributed by atoms with Crippen LogP contribution in [0.3, 0.4) is 0 Å². The first-order chi connectivity index (χ1) is 7.20. The first-order valence-corrected chi connectivity index (χ1v) is 6.29. The van der Waals surface area contributed by atoms with Gasteiger partial charge < -0.3 is 10.2 Å². The highest BCUT2D eigenvalue weighted by Gasteiger charge is 2.35. The first kappa shape index (κ1) is 12.1. The molecule has 1 atom stereocenters. The predicted octanol–water partition coefficient (Wildman–Crippen LogP) is 0.458. The summed E-state index contributed by atoms with van der Waals surface area (Å²) in [6.07, 6.45) is 4.06. The molecule has 84 valence electrons. The second-order valence-electron chi connectivity index (χ2n) is 3.34. The van der Waals surface area contributed by atoms with Gasteiger partial charge in [-0.2, -0.15) is 11.8 Å². The summed E-state index contributed by atoms with van der Waals surface area (Å²) in [5.74, 6) is 0.0765. The minimum absolute atomic E-state index is 0.133. The molecule has 0 aromatic rings. The Morgan fingerprint density at radius 3 is 3.07 bits per heavy atom. The highest BCUT2D eigenvalue weighted by atomic mass is 32.2. The molecule has 1 fully saturated rings. The fourth-order valence-electron chi connectivity index (χ4n) is 1.53. The summed E-state index contributed by atoms with van der Waals surface area (Å²) in [4.78, 5) is 24.7. The molecule has 0 bridgehead atoms. The van der Waals surface area contributed by atoms with Crippen molar-refractivity contribution in [1.29, 1.82) is 0 Å². The molecule has 2 amide bonds. The van der Waals surface area contributed by atoms with Gasteiger partial charge in [0.05, 0.1) is 0 Å². The second-order valence-corrected chi connectivity index (χ2v) is 4.32. The summed E-state index contributed by atoms with van der Waals surface area (Å²) in [7, 11) is 0. The summed E-state index contributed by atoms with van der Waals surface area (Å²) in [6.45, 7) is 4.76. The zero-order chi connectivity index (χ0) is 11.3. The first-order valence-electron chi connectivity index (χ1n) is 4.90. The summed E-state index contributed by atoms with van der Waals surface area (Å²) in [5.41, 5.74) is 0. The van der Waals surface area contributed by atoms with Crippen molar-refractivity contribution in [3.05, 3.63) is 12.8 Å². The Bertz CT molecular complexity index is 268. The maximum atomic E-state index is 11.6. The normalized spacial score (nSPS) is 20.5.